The summed E-state index contributed by atoms with van der Waals surface area (Å²) in [6, 6.07) is 6.46. The molecule has 96 valence electrons. The first-order valence-electron chi connectivity index (χ1n) is 5.44. The summed E-state index contributed by atoms with van der Waals surface area (Å²) < 4.78 is 4.57. The first-order valence-corrected chi connectivity index (χ1v) is 5.44. The number of rotatable bonds is 3. The quantitative estimate of drug-likeness (QED) is 0.649. The van der Waals surface area contributed by atoms with Crippen LogP contribution in [0.5, 0.6) is 0 Å². The molecule has 1 aliphatic heterocycles. The number of anilines is 1. The van der Waals surface area contributed by atoms with Crippen molar-refractivity contribution < 1.29 is 14.5 Å². The largest absolute Gasteiger partial charge is 0.453 e. The molecule has 1 amide bonds. The highest BCUT2D eigenvalue weighted by Crippen LogP contribution is 2.25. The zero-order valence-corrected chi connectivity index (χ0v) is 9.83. The van der Waals surface area contributed by atoms with E-state index >= 15 is 0 Å². The van der Waals surface area contributed by atoms with Crippen LogP contribution < -0.4 is 5.32 Å². The normalized spacial score (nSPS) is 14.8. The van der Waals surface area contributed by atoms with E-state index in [9.17, 15) is 14.9 Å². The molecule has 1 heterocycles. The van der Waals surface area contributed by atoms with Gasteiger partial charge in [-0.1, -0.05) is 12.1 Å². The molecule has 0 unspecified atom stereocenters. The molecule has 0 spiro atoms. The zero-order valence-electron chi connectivity index (χ0n) is 9.83. The number of nitrogens with one attached hydrogen (secondary N) is 1. The molecule has 0 aromatic heterocycles. The maximum Gasteiger partial charge on any atom is 0.409 e. The van der Waals surface area contributed by atoms with E-state index in [0.29, 0.717) is 18.8 Å². The number of carbonyl (C=O) groups excluding carboxylic acids is 1. The number of likely N-dealkylation sites (tertiary alicyclic amines) is 1. The van der Waals surface area contributed by atoms with Crippen molar-refractivity contribution in [2.24, 2.45) is 0 Å². The van der Waals surface area contributed by atoms with Crippen molar-refractivity contribution in [3.8, 4) is 0 Å². The van der Waals surface area contributed by atoms with Crippen LogP contribution in [0.25, 0.3) is 0 Å². The molecular formula is C11H13N3O4. The number of hydrogen-bond acceptors (Lipinski definition) is 5. The van der Waals surface area contributed by atoms with E-state index in [2.05, 4.69) is 10.1 Å². The van der Waals surface area contributed by atoms with Gasteiger partial charge in [-0.05, 0) is 6.07 Å². The van der Waals surface area contributed by atoms with E-state index in [1.54, 1.807) is 18.2 Å². The van der Waals surface area contributed by atoms with Crippen molar-refractivity contribution in [1.29, 1.82) is 0 Å². The van der Waals surface area contributed by atoms with E-state index < -0.39 is 4.92 Å². The fraction of sp³-hybridized carbons (Fsp3) is 0.364. The molecule has 0 radical (unpaired) electrons. The van der Waals surface area contributed by atoms with Crippen molar-refractivity contribution in [1.82, 2.24) is 4.90 Å². The maximum absolute atomic E-state index is 11.1. The molecule has 0 saturated carbocycles. The van der Waals surface area contributed by atoms with Crippen LogP contribution in [-0.2, 0) is 4.74 Å². The highest BCUT2D eigenvalue weighted by molar-refractivity contribution is 5.69. The summed E-state index contributed by atoms with van der Waals surface area (Å²) >= 11 is 0. The standard InChI is InChI=1S/C11H13N3O4/c1-18-11(15)13-6-8(7-13)12-9-4-2-3-5-10(9)14(16)17/h2-5,8,12H,6-7H2,1H3. The van der Waals surface area contributed by atoms with Crippen molar-refractivity contribution in [3.05, 3.63) is 34.4 Å². The molecule has 7 nitrogen and oxygen atoms in total. The van der Waals surface area contributed by atoms with Crippen LogP contribution in [0.15, 0.2) is 24.3 Å². The van der Waals surface area contributed by atoms with E-state index in [-0.39, 0.29) is 17.8 Å². The average molecular weight is 251 g/mol. The summed E-state index contributed by atoms with van der Waals surface area (Å²) in [5, 5.41) is 13.9. The van der Waals surface area contributed by atoms with Crippen LogP contribution in [0.1, 0.15) is 0 Å². The van der Waals surface area contributed by atoms with Crippen LogP contribution >= 0.6 is 0 Å². The van der Waals surface area contributed by atoms with Gasteiger partial charge in [0.2, 0.25) is 0 Å². The lowest BCUT2D eigenvalue weighted by atomic mass is 10.1. The highest BCUT2D eigenvalue weighted by Gasteiger charge is 2.32. The van der Waals surface area contributed by atoms with Crippen LogP contribution in [0.4, 0.5) is 16.2 Å². The van der Waals surface area contributed by atoms with Gasteiger partial charge < -0.3 is 15.0 Å². The number of para-hydroxylation sites is 2. The highest BCUT2D eigenvalue weighted by atomic mass is 16.6. The minimum absolute atomic E-state index is 0.0187. The molecule has 1 aromatic carbocycles. The van der Waals surface area contributed by atoms with Gasteiger partial charge in [-0.15, -0.1) is 0 Å². The smallest absolute Gasteiger partial charge is 0.409 e. The van der Waals surface area contributed by atoms with Gasteiger partial charge in [-0.2, -0.15) is 0 Å². The van der Waals surface area contributed by atoms with Crippen LogP contribution in [0.2, 0.25) is 0 Å². The van der Waals surface area contributed by atoms with Crippen molar-refractivity contribution in [2.45, 2.75) is 6.04 Å². The third-order valence-electron chi connectivity index (χ3n) is 2.77. The number of nitrogens with zero attached hydrogens (tertiary/aromatic N) is 2. The molecule has 1 fully saturated rings. The molecule has 1 N–H and O–H groups in total. The Morgan fingerprint density at radius 1 is 1.50 bits per heavy atom. The van der Waals surface area contributed by atoms with Crippen molar-refractivity contribution in [3.63, 3.8) is 0 Å². The first kappa shape index (κ1) is 12.2. The summed E-state index contributed by atoms with van der Waals surface area (Å²) in [6.07, 6.45) is -0.379. The van der Waals surface area contributed by atoms with Crippen LogP contribution in [0.3, 0.4) is 0 Å². The minimum atomic E-state index is -0.431. The summed E-state index contributed by atoms with van der Waals surface area (Å²) in [6.45, 7) is 0.970. The number of ether oxygens (including phenoxy) is 1. The Bertz CT molecular complexity index is 471. The van der Waals surface area contributed by atoms with Crippen LogP contribution in [0, 0.1) is 10.1 Å². The summed E-state index contributed by atoms with van der Waals surface area (Å²) in [4.78, 5) is 23.0. The molecule has 0 atom stereocenters. The first-order chi connectivity index (χ1) is 8.61. The number of nitro groups is 1. The van der Waals surface area contributed by atoms with Gasteiger partial charge in [-0.3, -0.25) is 10.1 Å². The topological polar surface area (TPSA) is 84.7 Å². The Morgan fingerprint density at radius 2 is 2.17 bits per heavy atom. The fourth-order valence-electron chi connectivity index (χ4n) is 1.82. The van der Waals surface area contributed by atoms with Crippen molar-refractivity contribution in [2.75, 3.05) is 25.5 Å². The number of methoxy groups -OCH3 is 1. The molecule has 7 heteroatoms. The lowest BCUT2D eigenvalue weighted by molar-refractivity contribution is -0.384. The van der Waals surface area contributed by atoms with E-state index in [4.69, 9.17) is 0 Å². The Hall–Kier alpha value is -2.31. The zero-order chi connectivity index (χ0) is 13.1. The number of hydrogen-bond donors (Lipinski definition) is 1. The second-order valence-electron chi connectivity index (χ2n) is 3.99. The molecule has 1 aromatic rings. The van der Waals surface area contributed by atoms with E-state index in [1.165, 1.54) is 18.1 Å². The predicted molar refractivity (Wildman–Crippen MR) is 64.5 cm³/mol. The third-order valence-corrected chi connectivity index (χ3v) is 2.77. The van der Waals surface area contributed by atoms with Gasteiger partial charge in [0, 0.05) is 19.2 Å². The second-order valence-corrected chi connectivity index (χ2v) is 3.99. The number of carbonyl (C=O) groups is 1. The molecular weight excluding hydrogens is 238 g/mol. The lowest BCUT2D eigenvalue weighted by Crippen LogP contribution is -2.56. The lowest BCUT2D eigenvalue weighted by Gasteiger charge is -2.38. The molecule has 18 heavy (non-hydrogen) atoms. The number of benzene rings is 1. The molecule has 2 rings (SSSR count). The van der Waals surface area contributed by atoms with Gasteiger partial charge >= 0.3 is 6.09 Å². The number of nitro benzene ring substituents is 1. The van der Waals surface area contributed by atoms with Gasteiger partial charge in [0.1, 0.15) is 5.69 Å². The Kier molecular flexibility index (Phi) is 3.31. The maximum atomic E-state index is 11.1. The fourth-order valence-corrected chi connectivity index (χ4v) is 1.82. The molecule has 0 aliphatic carbocycles. The predicted octanol–water partition coefficient (Wildman–Crippen LogP) is 1.46. The van der Waals surface area contributed by atoms with Gasteiger partial charge in [0.05, 0.1) is 18.1 Å². The SMILES string of the molecule is COC(=O)N1CC(Nc2ccccc2[N+](=O)[O-])C1. The van der Waals surface area contributed by atoms with Gasteiger partial charge in [0.25, 0.3) is 5.69 Å². The molecule has 0 bridgehead atoms. The van der Waals surface area contributed by atoms with Crippen LogP contribution in [-0.4, -0.2) is 42.2 Å². The van der Waals surface area contributed by atoms with E-state index in [0.717, 1.165) is 0 Å². The van der Waals surface area contributed by atoms with Crippen molar-refractivity contribution >= 4 is 17.5 Å². The monoisotopic (exact) mass is 251 g/mol. The Morgan fingerprint density at radius 3 is 2.78 bits per heavy atom. The average Bonchev–Trinajstić information content (AvgIpc) is 2.32. The van der Waals surface area contributed by atoms with Gasteiger partial charge in [0.15, 0.2) is 0 Å². The molecule has 1 saturated heterocycles. The summed E-state index contributed by atoms with van der Waals surface area (Å²) in [7, 11) is 1.32. The summed E-state index contributed by atoms with van der Waals surface area (Å²) in [5.74, 6) is 0. The third kappa shape index (κ3) is 2.34. The van der Waals surface area contributed by atoms with Gasteiger partial charge in [-0.25, -0.2) is 4.79 Å². The Balaban J connectivity index is 1.96. The minimum Gasteiger partial charge on any atom is -0.453 e. The second kappa shape index (κ2) is 4.91. The van der Waals surface area contributed by atoms with E-state index in [1.807, 2.05) is 0 Å². The molecule has 1 aliphatic rings. The summed E-state index contributed by atoms with van der Waals surface area (Å²) in [5.41, 5.74) is 0.506. The Labute approximate surface area is 103 Å². The number of amides is 1.